The molecule has 2 aromatic carbocycles. The Hall–Kier alpha value is -1.20. The van der Waals surface area contributed by atoms with Crippen LogP contribution in [0.2, 0.25) is 20.1 Å². The van der Waals surface area contributed by atoms with Crippen LogP contribution in [0.3, 0.4) is 0 Å². The fraction of sp³-hybridized carbons (Fsp3) is 0.0769. The number of hydrogen-bond acceptors (Lipinski definition) is 3. The molecule has 0 atom stereocenters. The van der Waals surface area contributed by atoms with Crippen molar-refractivity contribution in [2.24, 2.45) is 0 Å². The van der Waals surface area contributed by atoms with E-state index >= 15 is 0 Å². The SMILES string of the molecule is O=[N+]([O-])c1cc(CNc2cc(Cl)c(Cl)cc2Cl)ccc1Cl. The Kier molecular flexibility index (Phi) is 5.17. The first-order chi connectivity index (χ1) is 9.88. The first-order valence-electron chi connectivity index (χ1n) is 5.69. The molecule has 0 aliphatic heterocycles. The number of nitro benzene ring substituents is 1. The summed E-state index contributed by atoms with van der Waals surface area (Å²) < 4.78 is 0. The molecule has 0 amide bonds. The summed E-state index contributed by atoms with van der Waals surface area (Å²) in [7, 11) is 0. The van der Waals surface area contributed by atoms with Gasteiger partial charge >= 0.3 is 0 Å². The lowest BCUT2D eigenvalue weighted by Gasteiger charge is -2.10. The molecule has 2 aromatic rings. The number of nitro groups is 1. The predicted octanol–water partition coefficient (Wildman–Crippen LogP) is 5.82. The number of benzene rings is 2. The van der Waals surface area contributed by atoms with Crippen molar-refractivity contribution >= 4 is 57.8 Å². The van der Waals surface area contributed by atoms with E-state index < -0.39 is 4.92 Å². The second-order valence-corrected chi connectivity index (χ2v) is 5.77. The fourth-order valence-corrected chi connectivity index (χ4v) is 2.46. The standard InChI is InChI=1S/C13H8Cl4N2O2/c14-8-2-1-7(3-13(8)19(20)21)6-18-12-5-10(16)9(15)4-11(12)17/h1-5,18H,6H2. The van der Waals surface area contributed by atoms with E-state index in [0.717, 1.165) is 0 Å². The molecule has 110 valence electrons. The van der Waals surface area contributed by atoms with Crippen LogP contribution in [0.25, 0.3) is 0 Å². The smallest absolute Gasteiger partial charge is 0.288 e. The molecule has 0 aliphatic rings. The molecule has 0 aliphatic carbocycles. The van der Waals surface area contributed by atoms with Crippen LogP contribution in [0.1, 0.15) is 5.56 Å². The zero-order valence-electron chi connectivity index (χ0n) is 10.4. The van der Waals surface area contributed by atoms with E-state index in [2.05, 4.69) is 5.32 Å². The third-order valence-electron chi connectivity index (χ3n) is 2.70. The van der Waals surface area contributed by atoms with Crippen molar-refractivity contribution in [1.29, 1.82) is 0 Å². The Morgan fingerprint density at radius 3 is 2.29 bits per heavy atom. The van der Waals surface area contributed by atoms with Crippen molar-refractivity contribution in [3.05, 3.63) is 66.1 Å². The molecule has 1 N–H and O–H groups in total. The Balaban J connectivity index is 2.19. The highest BCUT2D eigenvalue weighted by Gasteiger charge is 2.13. The van der Waals surface area contributed by atoms with E-state index in [4.69, 9.17) is 46.4 Å². The number of rotatable bonds is 4. The van der Waals surface area contributed by atoms with Gasteiger partial charge in [-0.15, -0.1) is 0 Å². The van der Waals surface area contributed by atoms with Crippen molar-refractivity contribution in [3.63, 3.8) is 0 Å². The van der Waals surface area contributed by atoms with Crippen molar-refractivity contribution < 1.29 is 4.92 Å². The molecule has 0 saturated heterocycles. The van der Waals surface area contributed by atoms with Gasteiger partial charge in [0.2, 0.25) is 0 Å². The number of hydrogen-bond donors (Lipinski definition) is 1. The van der Waals surface area contributed by atoms with Gasteiger partial charge in [-0.25, -0.2) is 0 Å². The first-order valence-corrected chi connectivity index (χ1v) is 7.21. The van der Waals surface area contributed by atoms with Gasteiger partial charge in [0, 0.05) is 12.6 Å². The lowest BCUT2D eigenvalue weighted by atomic mass is 10.2. The van der Waals surface area contributed by atoms with Crippen LogP contribution < -0.4 is 5.32 Å². The third-order valence-corrected chi connectivity index (χ3v) is 4.05. The summed E-state index contributed by atoms with van der Waals surface area (Å²) in [6, 6.07) is 7.69. The second-order valence-electron chi connectivity index (χ2n) is 4.14. The van der Waals surface area contributed by atoms with E-state index in [-0.39, 0.29) is 10.7 Å². The summed E-state index contributed by atoms with van der Waals surface area (Å²) in [5, 5.41) is 15.1. The molecule has 0 heterocycles. The van der Waals surface area contributed by atoms with Crippen LogP contribution in [0, 0.1) is 10.1 Å². The summed E-state index contributed by atoms with van der Waals surface area (Å²) in [6.45, 7) is 0.329. The highest BCUT2D eigenvalue weighted by Crippen LogP contribution is 2.33. The molecule has 0 saturated carbocycles. The van der Waals surface area contributed by atoms with E-state index in [0.29, 0.717) is 32.9 Å². The molecular formula is C13H8Cl4N2O2. The van der Waals surface area contributed by atoms with Crippen molar-refractivity contribution in [3.8, 4) is 0 Å². The van der Waals surface area contributed by atoms with Crippen LogP contribution in [0.5, 0.6) is 0 Å². The van der Waals surface area contributed by atoms with Gasteiger partial charge in [-0.3, -0.25) is 10.1 Å². The number of halogens is 4. The zero-order chi connectivity index (χ0) is 15.6. The summed E-state index contributed by atoms with van der Waals surface area (Å²) >= 11 is 23.6. The van der Waals surface area contributed by atoms with Crippen molar-refractivity contribution in [2.75, 3.05) is 5.32 Å². The summed E-state index contributed by atoms with van der Waals surface area (Å²) in [5.41, 5.74) is 1.13. The maximum atomic E-state index is 10.8. The Labute approximate surface area is 140 Å². The van der Waals surface area contributed by atoms with Crippen LogP contribution in [0.15, 0.2) is 30.3 Å². The predicted molar refractivity (Wildman–Crippen MR) is 86.9 cm³/mol. The minimum absolute atomic E-state index is 0.0938. The van der Waals surface area contributed by atoms with Gasteiger partial charge in [0.1, 0.15) is 5.02 Å². The fourth-order valence-electron chi connectivity index (χ4n) is 1.66. The molecule has 0 fully saturated rings. The van der Waals surface area contributed by atoms with Gasteiger partial charge in [0.25, 0.3) is 5.69 Å². The van der Waals surface area contributed by atoms with Crippen LogP contribution in [0.4, 0.5) is 11.4 Å². The minimum Gasteiger partial charge on any atom is -0.380 e. The molecular weight excluding hydrogens is 358 g/mol. The molecule has 4 nitrogen and oxygen atoms in total. The maximum Gasteiger partial charge on any atom is 0.288 e. The highest BCUT2D eigenvalue weighted by molar-refractivity contribution is 6.44. The van der Waals surface area contributed by atoms with E-state index in [1.54, 1.807) is 12.1 Å². The Morgan fingerprint density at radius 2 is 1.62 bits per heavy atom. The van der Waals surface area contributed by atoms with Gasteiger partial charge in [-0.2, -0.15) is 0 Å². The topological polar surface area (TPSA) is 55.2 Å². The van der Waals surface area contributed by atoms with Crippen LogP contribution in [-0.4, -0.2) is 4.92 Å². The monoisotopic (exact) mass is 364 g/mol. The van der Waals surface area contributed by atoms with Gasteiger partial charge < -0.3 is 5.32 Å². The number of anilines is 1. The average molecular weight is 366 g/mol. The number of nitrogens with one attached hydrogen (secondary N) is 1. The quantitative estimate of drug-likeness (QED) is 0.421. The van der Waals surface area contributed by atoms with Crippen molar-refractivity contribution in [2.45, 2.75) is 6.54 Å². The molecule has 8 heteroatoms. The maximum absolute atomic E-state index is 10.8. The Bertz CT molecular complexity index is 707. The van der Waals surface area contributed by atoms with Gasteiger partial charge in [-0.1, -0.05) is 52.5 Å². The summed E-state index contributed by atoms with van der Waals surface area (Å²) in [6.07, 6.45) is 0. The Morgan fingerprint density at radius 1 is 0.952 bits per heavy atom. The third kappa shape index (κ3) is 3.92. The van der Waals surface area contributed by atoms with E-state index in [1.165, 1.54) is 18.2 Å². The largest absolute Gasteiger partial charge is 0.380 e. The van der Waals surface area contributed by atoms with E-state index in [1.807, 2.05) is 0 Å². The molecule has 0 aromatic heterocycles. The highest BCUT2D eigenvalue weighted by atomic mass is 35.5. The molecule has 0 unspecified atom stereocenters. The minimum atomic E-state index is -0.530. The van der Waals surface area contributed by atoms with Crippen LogP contribution in [-0.2, 0) is 6.54 Å². The molecule has 0 radical (unpaired) electrons. The molecule has 21 heavy (non-hydrogen) atoms. The molecule has 0 spiro atoms. The summed E-state index contributed by atoms with van der Waals surface area (Å²) in [4.78, 5) is 10.3. The normalized spacial score (nSPS) is 10.5. The van der Waals surface area contributed by atoms with Gasteiger partial charge in [0.15, 0.2) is 0 Å². The molecule has 2 rings (SSSR count). The van der Waals surface area contributed by atoms with Crippen LogP contribution >= 0.6 is 46.4 Å². The number of nitrogens with zero attached hydrogens (tertiary/aromatic N) is 1. The lowest BCUT2D eigenvalue weighted by molar-refractivity contribution is -0.384. The average Bonchev–Trinajstić information content (AvgIpc) is 2.42. The first kappa shape index (κ1) is 16.2. The molecule has 0 bridgehead atoms. The van der Waals surface area contributed by atoms with E-state index in [9.17, 15) is 10.1 Å². The van der Waals surface area contributed by atoms with Crippen molar-refractivity contribution in [1.82, 2.24) is 0 Å². The lowest BCUT2D eigenvalue weighted by Crippen LogP contribution is -2.01. The van der Waals surface area contributed by atoms with Gasteiger partial charge in [-0.05, 0) is 23.8 Å². The summed E-state index contributed by atoms with van der Waals surface area (Å²) in [5.74, 6) is 0. The second kappa shape index (κ2) is 6.71. The van der Waals surface area contributed by atoms with Gasteiger partial charge in [0.05, 0.1) is 25.7 Å². The zero-order valence-corrected chi connectivity index (χ0v) is 13.4.